The van der Waals surface area contributed by atoms with E-state index in [0.29, 0.717) is 0 Å². The van der Waals surface area contributed by atoms with Gasteiger partial charge in [0.05, 0.1) is 6.07 Å². The minimum Gasteiger partial charge on any atom is -0.480 e. The van der Waals surface area contributed by atoms with Gasteiger partial charge in [0.2, 0.25) is 0 Å². The molecule has 11 heavy (non-hydrogen) atoms. The van der Waals surface area contributed by atoms with Crippen molar-refractivity contribution in [3.05, 3.63) is 0 Å². The average Bonchev–Trinajstić information content (AvgIpc) is 1.87. The van der Waals surface area contributed by atoms with Crippen molar-refractivity contribution >= 4 is 5.97 Å². The maximum Gasteiger partial charge on any atom is 0.320 e. The Morgan fingerprint density at radius 2 is 1.91 bits per heavy atom. The molecule has 0 aromatic carbocycles. The van der Waals surface area contributed by atoms with Crippen LogP contribution < -0.4 is 5.73 Å². The van der Waals surface area contributed by atoms with Crippen molar-refractivity contribution in [2.24, 2.45) is 11.7 Å². The average molecular weight is 158 g/mol. The van der Waals surface area contributed by atoms with Gasteiger partial charge in [0, 0.05) is 6.92 Å². The second-order valence-electron chi connectivity index (χ2n) is 2.33. The van der Waals surface area contributed by atoms with Crippen molar-refractivity contribution in [3.63, 3.8) is 0 Å². The van der Waals surface area contributed by atoms with Crippen LogP contribution in [-0.2, 0) is 4.79 Å². The Labute approximate surface area is 66.6 Å². The number of hydrogen-bond donors (Lipinski definition) is 2. The molecule has 0 aromatic rings. The molecule has 0 aliphatic carbocycles. The summed E-state index contributed by atoms with van der Waals surface area (Å²) in [4.78, 5) is 10.0. The van der Waals surface area contributed by atoms with Crippen molar-refractivity contribution in [2.75, 3.05) is 0 Å². The van der Waals surface area contributed by atoms with E-state index in [1.807, 2.05) is 0 Å². The van der Waals surface area contributed by atoms with Gasteiger partial charge in [-0.15, -0.1) is 0 Å². The second-order valence-corrected chi connectivity index (χ2v) is 2.33. The van der Waals surface area contributed by atoms with Crippen molar-refractivity contribution in [2.45, 2.75) is 26.8 Å². The first-order chi connectivity index (χ1) is 4.97. The van der Waals surface area contributed by atoms with Gasteiger partial charge < -0.3 is 10.8 Å². The summed E-state index contributed by atoms with van der Waals surface area (Å²) >= 11 is 0. The Hall–Kier alpha value is -1.08. The Morgan fingerprint density at radius 1 is 1.64 bits per heavy atom. The molecule has 0 radical (unpaired) electrons. The zero-order valence-corrected chi connectivity index (χ0v) is 7.03. The molecule has 0 spiro atoms. The van der Waals surface area contributed by atoms with E-state index in [0.717, 1.165) is 0 Å². The van der Waals surface area contributed by atoms with Crippen LogP contribution in [0.2, 0.25) is 0 Å². The molecular weight excluding hydrogens is 144 g/mol. The van der Waals surface area contributed by atoms with Gasteiger partial charge in [0.25, 0.3) is 0 Å². The molecule has 0 heterocycles. The lowest BCUT2D eigenvalue weighted by molar-refractivity contribution is -0.139. The third-order valence-corrected chi connectivity index (χ3v) is 1.00. The number of carboxylic acid groups (broad SMARTS) is 1. The summed E-state index contributed by atoms with van der Waals surface area (Å²) in [7, 11) is 0. The minimum atomic E-state index is -0.931. The number of carbonyl (C=O) groups is 1. The van der Waals surface area contributed by atoms with Crippen LogP contribution in [0.3, 0.4) is 0 Å². The summed E-state index contributed by atoms with van der Waals surface area (Å²) in [6.07, 6.45) is 0. The minimum absolute atomic E-state index is 0.0208. The van der Waals surface area contributed by atoms with Crippen molar-refractivity contribution in [1.82, 2.24) is 0 Å². The summed E-state index contributed by atoms with van der Waals surface area (Å²) in [5.41, 5.74) is 5.16. The third-order valence-electron chi connectivity index (χ3n) is 1.00. The highest BCUT2D eigenvalue weighted by atomic mass is 16.4. The first-order valence-corrected chi connectivity index (χ1v) is 3.26. The van der Waals surface area contributed by atoms with Gasteiger partial charge in [-0.05, 0) is 5.92 Å². The van der Waals surface area contributed by atoms with E-state index in [1.54, 1.807) is 19.9 Å². The van der Waals surface area contributed by atoms with Crippen molar-refractivity contribution in [1.29, 1.82) is 5.26 Å². The Balaban J connectivity index is 0. The molecule has 0 bridgehead atoms. The number of nitriles is 1. The van der Waals surface area contributed by atoms with E-state index >= 15 is 0 Å². The lowest BCUT2D eigenvalue weighted by Gasteiger charge is -2.07. The van der Waals surface area contributed by atoms with Crippen LogP contribution >= 0.6 is 0 Å². The predicted octanol–water partition coefficient (Wildman–Crippen LogP) is 0.584. The first kappa shape index (κ1) is 12.6. The quantitative estimate of drug-likeness (QED) is 0.615. The molecule has 0 unspecified atom stereocenters. The van der Waals surface area contributed by atoms with E-state index in [2.05, 4.69) is 0 Å². The van der Waals surface area contributed by atoms with Crippen LogP contribution in [0, 0.1) is 17.2 Å². The molecule has 0 saturated heterocycles. The molecular formula is C7H14N2O2. The number of aliphatic carboxylic acids is 1. The highest BCUT2D eigenvalue weighted by molar-refractivity contribution is 5.73. The molecule has 0 saturated carbocycles. The molecule has 4 heteroatoms. The zero-order valence-electron chi connectivity index (χ0n) is 7.03. The van der Waals surface area contributed by atoms with Crippen LogP contribution in [0.25, 0.3) is 0 Å². The van der Waals surface area contributed by atoms with E-state index in [4.69, 9.17) is 16.1 Å². The van der Waals surface area contributed by atoms with Gasteiger partial charge in [0.1, 0.15) is 6.04 Å². The van der Waals surface area contributed by atoms with Crippen LogP contribution in [-0.4, -0.2) is 17.1 Å². The highest BCUT2D eigenvalue weighted by Gasteiger charge is 2.14. The lowest BCUT2D eigenvalue weighted by Crippen LogP contribution is -2.34. The summed E-state index contributed by atoms with van der Waals surface area (Å²) in [6, 6.07) is 1.04. The molecule has 0 aromatic heterocycles. The highest BCUT2D eigenvalue weighted by Crippen LogP contribution is 1.96. The normalized spacial score (nSPS) is 10.9. The molecule has 0 aliphatic heterocycles. The number of carboxylic acids is 1. The number of hydrogen-bond acceptors (Lipinski definition) is 3. The molecule has 0 aliphatic rings. The molecule has 3 N–H and O–H groups in total. The standard InChI is InChI=1S/C5H11NO2.C2H3N/c1-3(2)4(6)5(7)8;1-2-3/h3-4H,6H2,1-2H3,(H,7,8);1H3/t4-;/m0./s1. The Kier molecular flexibility index (Phi) is 8.04. The molecule has 1 atom stereocenters. The fraction of sp³-hybridized carbons (Fsp3) is 0.714. The van der Waals surface area contributed by atoms with Crippen LogP contribution in [0.15, 0.2) is 0 Å². The van der Waals surface area contributed by atoms with E-state index in [-0.39, 0.29) is 5.92 Å². The Bertz CT molecular complexity index is 149. The van der Waals surface area contributed by atoms with E-state index in [1.165, 1.54) is 6.92 Å². The smallest absolute Gasteiger partial charge is 0.320 e. The molecule has 4 nitrogen and oxygen atoms in total. The van der Waals surface area contributed by atoms with Crippen LogP contribution in [0.1, 0.15) is 20.8 Å². The number of nitrogens with zero attached hydrogens (tertiary/aromatic N) is 1. The van der Waals surface area contributed by atoms with Gasteiger partial charge in [-0.3, -0.25) is 4.79 Å². The lowest BCUT2D eigenvalue weighted by atomic mass is 10.1. The zero-order chi connectivity index (χ0) is 9.44. The fourth-order valence-corrected chi connectivity index (χ4v) is 0.285. The summed E-state index contributed by atoms with van der Waals surface area (Å²) in [6.45, 7) is 4.98. The Morgan fingerprint density at radius 3 is 1.91 bits per heavy atom. The number of rotatable bonds is 2. The van der Waals surface area contributed by atoms with E-state index < -0.39 is 12.0 Å². The predicted molar refractivity (Wildman–Crippen MR) is 41.7 cm³/mol. The van der Waals surface area contributed by atoms with Gasteiger partial charge >= 0.3 is 5.97 Å². The maximum atomic E-state index is 10.0. The fourth-order valence-electron chi connectivity index (χ4n) is 0.285. The molecule has 0 fully saturated rings. The molecule has 0 amide bonds. The summed E-state index contributed by atoms with van der Waals surface area (Å²) in [5.74, 6) is -0.910. The first-order valence-electron chi connectivity index (χ1n) is 3.26. The van der Waals surface area contributed by atoms with E-state index in [9.17, 15) is 4.79 Å². The third kappa shape index (κ3) is 8.92. The SMILES string of the molecule is CC#N.CC(C)[C@H](N)C(=O)O. The maximum absolute atomic E-state index is 10.0. The van der Waals surface area contributed by atoms with Crippen molar-refractivity contribution < 1.29 is 9.90 Å². The van der Waals surface area contributed by atoms with Crippen molar-refractivity contribution in [3.8, 4) is 6.07 Å². The summed E-state index contributed by atoms with van der Waals surface area (Å²) < 4.78 is 0. The second kappa shape index (κ2) is 7.03. The molecule has 64 valence electrons. The monoisotopic (exact) mass is 158 g/mol. The topological polar surface area (TPSA) is 87.1 Å². The van der Waals surface area contributed by atoms with Crippen LogP contribution in [0.5, 0.6) is 0 Å². The van der Waals surface area contributed by atoms with Gasteiger partial charge in [-0.1, -0.05) is 13.8 Å². The molecule has 0 rings (SSSR count). The largest absolute Gasteiger partial charge is 0.480 e. The van der Waals surface area contributed by atoms with Gasteiger partial charge in [-0.2, -0.15) is 5.26 Å². The number of nitrogens with two attached hydrogens (primary N) is 1. The van der Waals surface area contributed by atoms with Crippen LogP contribution in [0.4, 0.5) is 0 Å². The van der Waals surface area contributed by atoms with Gasteiger partial charge in [0.15, 0.2) is 0 Å². The summed E-state index contributed by atoms with van der Waals surface area (Å²) in [5, 5.41) is 15.5. The van der Waals surface area contributed by atoms with Gasteiger partial charge in [-0.25, -0.2) is 0 Å².